The Kier molecular flexibility index (Phi) is 5.39. The molecule has 6 heteroatoms. The first-order chi connectivity index (χ1) is 13.6. The van der Waals surface area contributed by atoms with Gasteiger partial charge in [-0.05, 0) is 62.7 Å². The number of piperidine rings is 1. The standard InChI is InChI=1S/C22H24FN3O2/c1-15(16-6-8-18(23)9-7-16)24-21(27)14-26-12-10-17(11-13-26)22-25-19-4-2-3-5-20(19)28-22/h2-9,15,17H,10-14H2,1H3,(H,24,27). The maximum Gasteiger partial charge on any atom is 0.234 e. The third-order valence-corrected chi connectivity index (χ3v) is 5.36. The topological polar surface area (TPSA) is 58.4 Å². The number of carbonyl (C=O) groups is 1. The smallest absolute Gasteiger partial charge is 0.234 e. The molecule has 1 aliphatic heterocycles. The van der Waals surface area contributed by atoms with Crippen molar-refractivity contribution in [1.82, 2.24) is 15.2 Å². The van der Waals surface area contributed by atoms with Gasteiger partial charge in [0.05, 0.1) is 12.6 Å². The SMILES string of the molecule is CC(NC(=O)CN1CCC(c2nc3ccccc3o2)CC1)c1ccc(F)cc1. The summed E-state index contributed by atoms with van der Waals surface area (Å²) in [5.74, 6) is 0.807. The van der Waals surface area contributed by atoms with Crippen LogP contribution in [-0.4, -0.2) is 35.4 Å². The van der Waals surface area contributed by atoms with Crippen LogP contribution in [0.1, 0.15) is 43.2 Å². The molecular weight excluding hydrogens is 357 g/mol. The number of para-hydroxylation sites is 2. The number of halogens is 1. The summed E-state index contributed by atoms with van der Waals surface area (Å²) in [6.45, 7) is 3.94. The molecule has 1 N–H and O–H groups in total. The van der Waals surface area contributed by atoms with E-state index in [1.165, 1.54) is 12.1 Å². The van der Waals surface area contributed by atoms with Crippen molar-refractivity contribution in [3.8, 4) is 0 Å². The number of fused-ring (bicyclic) bond motifs is 1. The molecule has 0 radical (unpaired) electrons. The van der Waals surface area contributed by atoms with E-state index in [1.54, 1.807) is 12.1 Å². The lowest BCUT2D eigenvalue weighted by atomic mass is 9.97. The van der Waals surface area contributed by atoms with Gasteiger partial charge >= 0.3 is 0 Å². The minimum absolute atomic E-state index is 0.0165. The molecule has 3 aromatic rings. The molecule has 4 rings (SSSR count). The predicted octanol–water partition coefficient (Wildman–Crippen LogP) is 4.02. The second-order valence-corrected chi connectivity index (χ2v) is 7.41. The lowest BCUT2D eigenvalue weighted by Crippen LogP contribution is -2.41. The highest BCUT2D eigenvalue weighted by molar-refractivity contribution is 5.78. The number of rotatable bonds is 5. The van der Waals surface area contributed by atoms with Crippen LogP contribution in [0.15, 0.2) is 52.9 Å². The van der Waals surface area contributed by atoms with Gasteiger partial charge in [0.1, 0.15) is 11.3 Å². The summed E-state index contributed by atoms with van der Waals surface area (Å²) in [5.41, 5.74) is 2.62. The fourth-order valence-corrected chi connectivity index (χ4v) is 3.73. The number of hydrogen-bond donors (Lipinski definition) is 1. The number of oxazole rings is 1. The van der Waals surface area contributed by atoms with E-state index in [1.807, 2.05) is 31.2 Å². The summed E-state index contributed by atoms with van der Waals surface area (Å²) >= 11 is 0. The largest absolute Gasteiger partial charge is 0.440 e. The molecule has 28 heavy (non-hydrogen) atoms. The maximum atomic E-state index is 13.0. The molecule has 1 fully saturated rings. The van der Waals surface area contributed by atoms with E-state index in [0.717, 1.165) is 48.5 Å². The number of nitrogens with zero attached hydrogens (tertiary/aromatic N) is 2. The van der Waals surface area contributed by atoms with E-state index >= 15 is 0 Å². The van der Waals surface area contributed by atoms with Crippen LogP contribution in [-0.2, 0) is 4.79 Å². The van der Waals surface area contributed by atoms with Crippen molar-refractivity contribution in [1.29, 1.82) is 0 Å². The zero-order chi connectivity index (χ0) is 19.5. The van der Waals surface area contributed by atoms with Gasteiger partial charge in [-0.2, -0.15) is 0 Å². The van der Waals surface area contributed by atoms with Gasteiger partial charge in [-0.25, -0.2) is 9.37 Å². The molecule has 0 saturated carbocycles. The van der Waals surface area contributed by atoms with Crippen LogP contribution in [0.2, 0.25) is 0 Å². The number of carbonyl (C=O) groups excluding carboxylic acids is 1. The van der Waals surface area contributed by atoms with Crippen molar-refractivity contribution in [3.63, 3.8) is 0 Å². The number of amides is 1. The Morgan fingerprint density at radius 1 is 1.21 bits per heavy atom. The van der Waals surface area contributed by atoms with Gasteiger partial charge in [-0.1, -0.05) is 24.3 Å². The van der Waals surface area contributed by atoms with Crippen LogP contribution in [0.4, 0.5) is 4.39 Å². The van der Waals surface area contributed by atoms with Crippen molar-refractivity contribution in [3.05, 3.63) is 65.8 Å². The van der Waals surface area contributed by atoms with Gasteiger partial charge in [-0.3, -0.25) is 9.69 Å². The number of likely N-dealkylation sites (tertiary alicyclic amines) is 1. The third kappa shape index (κ3) is 4.22. The summed E-state index contributed by atoms with van der Waals surface area (Å²) in [7, 11) is 0. The van der Waals surface area contributed by atoms with Gasteiger partial charge in [-0.15, -0.1) is 0 Å². The van der Waals surface area contributed by atoms with Crippen molar-refractivity contribution in [2.75, 3.05) is 19.6 Å². The summed E-state index contributed by atoms with van der Waals surface area (Å²) < 4.78 is 18.9. The monoisotopic (exact) mass is 381 g/mol. The average Bonchev–Trinajstić information content (AvgIpc) is 3.13. The van der Waals surface area contributed by atoms with Crippen LogP contribution in [0, 0.1) is 5.82 Å². The van der Waals surface area contributed by atoms with E-state index in [9.17, 15) is 9.18 Å². The number of nitrogens with one attached hydrogen (secondary N) is 1. The Hall–Kier alpha value is -2.73. The molecule has 1 atom stereocenters. The highest BCUT2D eigenvalue weighted by Gasteiger charge is 2.26. The summed E-state index contributed by atoms with van der Waals surface area (Å²) in [4.78, 5) is 19.1. The molecule has 2 heterocycles. The van der Waals surface area contributed by atoms with Gasteiger partial charge in [0.15, 0.2) is 11.5 Å². The molecule has 2 aromatic carbocycles. The normalized spacial score (nSPS) is 16.9. The van der Waals surface area contributed by atoms with Crippen LogP contribution in [0.3, 0.4) is 0 Å². The van der Waals surface area contributed by atoms with Crippen LogP contribution >= 0.6 is 0 Å². The van der Waals surface area contributed by atoms with Crippen LogP contribution in [0.25, 0.3) is 11.1 Å². The molecular formula is C22H24FN3O2. The van der Waals surface area contributed by atoms with Gasteiger partial charge < -0.3 is 9.73 Å². The van der Waals surface area contributed by atoms with Crippen molar-refractivity contribution in [2.24, 2.45) is 0 Å². The summed E-state index contributed by atoms with van der Waals surface area (Å²) in [6, 6.07) is 13.9. The zero-order valence-electron chi connectivity index (χ0n) is 15.9. The number of hydrogen-bond acceptors (Lipinski definition) is 4. The van der Waals surface area contributed by atoms with Crippen molar-refractivity contribution >= 4 is 17.0 Å². The van der Waals surface area contributed by atoms with Gasteiger partial charge in [0.2, 0.25) is 5.91 Å². The fourth-order valence-electron chi connectivity index (χ4n) is 3.73. The molecule has 0 bridgehead atoms. The minimum atomic E-state index is -0.274. The second-order valence-electron chi connectivity index (χ2n) is 7.41. The lowest BCUT2D eigenvalue weighted by Gasteiger charge is -2.30. The second kappa shape index (κ2) is 8.10. The molecule has 1 aromatic heterocycles. The van der Waals surface area contributed by atoms with Crippen LogP contribution in [0.5, 0.6) is 0 Å². The summed E-state index contributed by atoms with van der Waals surface area (Å²) in [5, 5.41) is 2.99. The lowest BCUT2D eigenvalue weighted by molar-refractivity contribution is -0.123. The molecule has 146 valence electrons. The highest BCUT2D eigenvalue weighted by atomic mass is 19.1. The molecule has 1 saturated heterocycles. The van der Waals surface area contributed by atoms with E-state index < -0.39 is 0 Å². The Balaban J connectivity index is 1.27. The van der Waals surface area contributed by atoms with Crippen molar-refractivity contribution < 1.29 is 13.6 Å². The first-order valence-electron chi connectivity index (χ1n) is 9.71. The van der Waals surface area contributed by atoms with Gasteiger partial charge in [0, 0.05) is 5.92 Å². The quantitative estimate of drug-likeness (QED) is 0.725. The van der Waals surface area contributed by atoms with Crippen molar-refractivity contribution in [2.45, 2.75) is 31.7 Å². The van der Waals surface area contributed by atoms with E-state index in [2.05, 4.69) is 15.2 Å². The van der Waals surface area contributed by atoms with Crippen LogP contribution < -0.4 is 5.32 Å². The molecule has 5 nitrogen and oxygen atoms in total. The Labute approximate surface area is 163 Å². The number of aromatic nitrogens is 1. The Morgan fingerprint density at radius 3 is 2.64 bits per heavy atom. The van der Waals surface area contributed by atoms with E-state index in [-0.39, 0.29) is 17.8 Å². The van der Waals surface area contributed by atoms with Gasteiger partial charge in [0.25, 0.3) is 0 Å². The molecule has 1 amide bonds. The molecule has 0 spiro atoms. The summed E-state index contributed by atoms with van der Waals surface area (Å²) in [6.07, 6.45) is 1.85. The maximum absolute atomic E-state index is 13.0. The molecule has 0 aliphatic carbocycles. The first kappa shape index (κ1) is 18.6. The van der Waals surface area contributed by atoms with E-state index in [4.69, 9.17) is 4.42 Å². The minimum Gasteiger partial charge on any atom is -0.440 e. The third-order valence-electron chi connectivity index (χ3n) is 5.36. The first-order valence-corrected chi connectivity index (χ1v) is 9.71. The fraction of sp³-hybridized carbons (Fsp3) is 0.364. The Bertz CT molecular complexity index is 913. The number of benzene rings is 2. The zero-order valence-corrected chi connectivity index (χ0v) is 15.9. The molecule has 1 aliphatic rings. The molecule has 1 unspecified atom stereocenters. The highest BCUT2D eigenvalue weighted by Crippen LogP contribution is 2.29. The Morgan fingerprint density at radius 2 is 1.93 bits per heavy atom. The predicted molar refractivity (Wildman–Crippen MR) is 105 cm³/mol. The van der Waals surface area contributed by atoms with E-state index in [0.29, 0.717) is 12.5 Å². The average molecular weight is 381 g/mol.